The first kappa shape index (κ1) is 22.9. The highest BCUT2D eigenvalue weighted by atomic mass is 16.3. The van der Waals surface area contributed by atoms with Crippen molar-refractivity contribution in [3.63, 3.8) is 0 Å². The molecular weight excluding hydrogens is 436 g/mol. The van der Waals surface area contributed by atoms with Gasteiger partial charge in [-0.15, -0.1) is 0 Å². The normalized spacial score (nSPS) is 17.8. The van der Waals surface area contributed by atoms with E-state index in [1.165, 1.54) is 0 Å². The summed E-state index contributed by atoms with van der Waals surface area (Å²) in [5.74, 6) is 0.623. The van der Waals surface area contributed by atoms with Crippen molar-refractivity contribution in [2.75, 3.05) is 5.32 Å². The van der Waals surface area contributed by atoms with Crippen molar-refractivity contribution in [1.29, 1.82) is 0 Å². The zero-order valence-electron chi connectivity index (χ0n) is 20.6. The molecule has 5 rings (SSSR count). The molecule has 2 heterocycles. The molecule has 0 saturated carbocycles. The summed E-state index contributed by atoms with van der Waals surface area (Å²) in [6, 6.07) is 17.8. The molecular formula is C30H30N2O3. The lowest BCUT2D eigenvalue weighted by atomic mass is 9.77. The van der Waals surface area contributed by atoms with Gasteiger partial charge in [-0.05, 0) is 76.4 Å². The van der Waals surface area contributed by atoms with Crippen molar-refractivity contribution in [3.05, 3.63) is 99.6 Å². The Hall–Kier alpha value is -3.86. The molecule has 0 saturated heterocycles. The third kappa shape index (κ3) is 4.34. The fraction of sp³-hybridized carbons (Fsp3) is 0.267. The fourth-order valence-electron chi connectivity index (χ4n) is 5.25. The van der Waals surface area contributed by atoms with E-state index in [1.54, 1.807) is 0 Å². The Labute approximate surface area is 205 Å². The molecule has 1 aliphatic heterocycles. The fourth-order valence-corrected chi connectivity index (χ4v) is 5.25. The van der Waals surface area contributed by atoms with E-state index in [-0.39, 0.29) is 11.7 Å². The van der Waals surface area contributed by atoms with Gasteiger partial charge in [-0.1, -0.05) is 35.4 Å². The standard InChI is InChI=1S/C30H30N2O3/c1-17-14-18(2)16-21(15-17)25-12-13-26(35-25)29-27(30(34)32-22-9-6-5-8-19(22)3)20(4)31-23-10-7-11-24(33)28(23)29/h5-6,8-9,12-16,29,31H,7,10-11H2,1-4H3,(H,32,34). The number of allylic oxidation sites excluding steroid dienone is 3. The predicted octanol–water partition coefficient (Wildman–Crippen LogP) is 6.48. The largest absolute Gasteiger partial charge is 0.460 e. The molecule has 1 amide bonds. The quantitative estimate of drug-likeness (QED) is 0.462. The van der Waals surface area contributed by atoms with E-state index in [2.05, 4.69) is 42.7 Å². The number of aryl methyl sites for hydroxylation is 3. The van der Waals surface area contributed by atoms with E-state index >= 15 is 0 Å². The number of rotatable bonds is 4. The number of benzene rings is 2. The minimum absolute atomic E-state index is 0.0711. The first-order chi connectivity index (χ1) is 16.8. The average molecular weight is 467 g/mol. The maximum Gasteiger partial charge on any atom is 0.254 e. The molecule has 2 aliphatic rings. The zero-order chi connectivity index (χ0) is 24.7. The number of furan rings is 1. The van der Waals surface area contributed by atoms with Crippen LogP contribution in [-0.4, -0.2) is 11.7 Å². The number of amides is 1. The number of hydrogen-bond acceptors (Lipinski definition) is 4. The van der Waals surface area contributed by atoms with Gasteiger partial charge < -0.3 is 15.1 Å². The predicted molar refractivity (Wildman–Crippen MR) is 138 cm³/mol. The lowest BCUT2D eigenvalue weighted by Crippen LogP contribution is -2.35. The number of hydrogen-bond donors (Lipinski definition) is 2. The number of Topliss-reactive ketones (excluding diaryl/α,β-unsaturated/α-hetero) is 1. The molecule has 2 aromatic carbocycles. The van der Waals surface area contributed by atoms with Crippen LogP contribution in [0.2, 0.25) is 0 Å². The number of anilines is 1. The number of carbonyl (C=O) groups excluding carboxylic acids is 2. The van der Waals surface area contributed by atoms with Gasteiger partial charge in [-0.2, -0.15) is 0 Å². The van der Waals surface area contributed by atoms with Gasteiger partial charge in [0.15, 0.2) is 5.78 Å². The average Bonchev–Trinajstić information content (AvgIpc) is 3.29. The lowest BCUT2D eigenvalue weighted by Gasteiger charge is -2.33. The summed E-state index contributed by atoms with van der Waals surface area (Å²) in [7, 11) is 0. The molecule has 178 valence electrons. The highest BCUT2D eigenvalue weighted by Gasteiger charge is 2.40. The summed E-state index contributed by atoms with van der Waals surface area (Å²) in [4.78, 5) is 26.8. The lowest BCUT2D eigenvalue weighted by molar-refractivity contribution is -0.116. The van der Waals surface area contributed by atoms with Gasteiger partial charge in [0.25, 0.3) is 5.91 Å². The SMILES string of the molecule is CC1=C(C(=O)Nc2ccccc2C)C(c2ccc(-c3cc(C)cc(C)c3)o2)C2=C(CCCC2=O)N1. The summed E-state index contributed by atoms with van der Waals surface area (Å²) in [6.45, 7) is 7.98. The van der Waals surface area contributed by atoms with Gasteiger partial charge in [0, 0.05) is 34.6 Å². The van der Waals surface area contributed by atoms with E-state index in [9.17, 15) is 9.59 Å². The number of nitrogens with one attached hydrogen (secondary N) is 2. The first-order valence-electron chi connectivity index (χ1n) is 12.1. The molecule has 1 atom stereocenters. The topological polar surface area (TPSA) is 71.3 Å². The molecule has 0 bridgehead atoms. The van der Waals surface area contributed by atoms with Crippen LogP contribution in [0.1, 0.15) is 54.6 Å². The van der Waals surface area contributed by atoms with Gasteiger partial charge in [-0.25, -0.2) is 0 Å². The maximum absolute atomic E-state index is 13.7. The van der Waals surface area contributed by atoms with E-state index < -0.39 is 5.92 Å². The van der Waals surface area contributed by atoms with Crippen molar-refractivity contribution >= 4 is 17.4 Å². The van der Waals surface area contributed by atoms with Crippen LogP contribution < -0.4 is 10.6 Å². The van der Waals surface area contributed by atoms with Gasteiger partial charge >= 0.3 is 0 Å². The zero-order valence-corrected chi connectivity index (χ0v) is 20.6. The van der Waals surface area contributed by atoms with E-state index in [1.807, 2.05) is 50.2 Å². The van der Waals surface area contributed by atoms with E-state index in [0.717, 1.165) is 57.9 Å². The Bertz CT molecular complexity index is 1390. The Morgan fingerprint density at radius 1 is 0.971 bits per heavy atom. The molecule has 0 spiro atoms. The number of dihydropyridines is 1. The molecule has 1 aliphatic carbocycles. The first-order valence-corrected chi connectivity index (χ1v) is 12.1. The highest BCUT2D eigenvalue weighted by molar-refractivity contribution is 6.09. The van der Waals surface area contributed by atoms with Gasteiger partial charge in [0.2, 0.25) is 0 Å². The number of para-hydroxylation sites is 1. The summed E-state index contributed by atoms with van der Waals surface area (Å²) in [5, 5.41) is 6.43. The van der Waals surface area contributed by atoms with Gasteiger partial charge in [-0.3, -0.25) is 9.59 Å². The molecule has 1 aromatic heterocycles. The van der Waals surface area contributed by atoms with Gasteiger partial charge in [0.1, 0.15) is 11.5 Å². The van der Waals surface area contributed by atoms with Crippen LogP contribution in [0.5, 0.6) is 0 Å². The number of carbonyl (C=O) groups is 2. The van der Waals surface area contributed by atoms with Crippen LogP contribution in [0.4, 0.5) is 5.69 Å². The maximum atomic E-state index is 13.7. The monoisotopic (exact) mass is 466 g/mol. The minimum Gasteiger partial charge on any atom is -0.460 e. The van der Waals surface area contributed by atoms with Crippen LogP contribution in [0, 0.1) is 20.8 Å². The summed E-state index contributed by atoms with van der Waals surface area (Å²) in [5.41, 5.74) is 7.84. The van der Waals surface area contributed by atoms with Crippen molar-refractivity contribution in [3.8, 4) is 11.3 Å². The second kappa shape index (κ2) is 9.06. The molecule has 0 fully saturated rings. The molecule has 2 N–H and O–H groups in total. The molecule has 35 heavy (non-hydrogen) atoms. The Balaban J connectivity index is 1.59. The van der Waals surface area contributed by atoms with Crippen LogP contribution in [0.3, 0.4) is 0 Å². The van der Waals surface area contributed by atoms with Crippen LogP contribution in [-0.2, 0) is 9.59 Å². The van der Waals surface area contributed by atoms with Crippen molar-refractivity contribution in [2.45, 2.75) is 52.9 Å². The number of ketones is 1. The third-order valence-electron chi connectivity index (χ3n) is 6.83. The second-order valence-corrected chi connectivity index (χ2v) is 9.61. The summed E-state index contributed by atoms with van der Waals surface area (Å²) < 4.78 is 6.39. The molecule has 1 unspecified atom stereocenters. The minimum atomic E-state index is -0.553. The Morgan fingerprint density at radius 3 is 2.46 bits per heavy atom. The van der Waals surface area contributed by atoms with Crippen LogP contribution in [0.15, 0.2) is 81.6 Å². The van der Waals surface area contributed by atoms with E-state index in [0.29, 0.717) is 23.3 Å². The summed E-state index contributed by atoms with van der Waals surface area (Å²) >= 11 is 0. The van der Waals surface area contributed by atoms with Gasteiger partial charge in [0.05, 0.1) is 11.5 Å². The third-order valence-corrected chi connectivity index (χ3v) is 6.83. The van der Waals surface area contributed by atoms with Crippen LogP contribution >= 0.6 is 0 Å². The molecule has 3 aromatic rings. The molecule has 0 radical (unpaired) electrons. The molecule has 5 nitrogen and oxygen atoms in total. The Kier molecular flexibility index (Phi) is 5.93. The molecule has 5 heteroatoms. The smallest absolute Gasteiger partial charge is 0.254 e. The second-order valence-electron chi connectivity index (χ2n) is 9.61. The van der Waals surface area contributed by atoms with Crippen molar-refractivity contribution in [1.82, 2.24) is 5.32 Å². The summed E-state index contributed by atoms with van der Waals surface area (Å²) in [6.07, 6.45) is 2.07. The Morgan fingerprint density at radius 2 is 1.71 bits per heavy atom. The van der Waals surface area contributed by atoms with Crippen molar-refractivity contribution in [2.24, 2.45) is 0 Å². The highest BCUT2D eigenvalue weighted by Crippen LogP contribution is 2.44. The van der Waals surface area contributed by atoms with Crippen LogP contribution in [0.25, 0.3) is 11.3 Å². The van der Waals surface area contributed by atoms with E-state index in [4.69, 9.17) is 4.42 Å². The van der Waals surface area contributed by atoms with Crippen molar-refractivity contribution < 1.29 is 14.0 Å².